The molecule has 0 saturated carbocycles. The molecule has 1 aromatic carbocycles. The van der Waals surface area contributed by atoms with Gasteiger partial charge in [-0.3, -0.25) is 0 Å². The molecule has 72 valence electrons. The molecule has 3 N–H and O–H groups in total. The Bertz CT molecular complexity index is 283. The Kier molecular flexibility index (Phi) is 3.25. The quantitative estimate of drug-likeness (QED) is 0.771. The van der Waals surface area contributed by atoms with Gasteiger partial charge in [-0.15, -0.1) is 0 Å². The summed E-state index contributed by atoms with van der Waals surface area (Å²) in [7, 11) is 0. The zero-order chi connectivity index (χ0) is 10.0. The van der Waals surface area contributed by atoms with Crippen molar-refractivity contribution in [3.05, 3.63) is 34.6 Å². The molecular formula is C9H11ClFNO. The monoisotopic (exact) mass is 203 g/mol. The van der Waals surface area contributed by atoms with Crippen LogP contribution in [0.2, 0.25) is 5.02 Å². The number of aliphatic hydroxyl groups excluding tert-OH is 1. The van der Waals surface area contributed by atoms with Crippen LogP contribution in [0.25, 0.3) is 0 Å². The fraction of sp³-hybridized carbons (Fsp3) is 0.333. The maximum atomic E-state index is 13.2. The average Bonchev–Trinajstić information content (AvgIpc) is 2.03. The predicted molar refractivity (Wildman–Crippen MR) is 50.0 cm³/mol. The topological polar surface area (TPSA) is 46.2 Å². The largest absolute Gasteiger partial charge is 0.391 e. The smallest absolute Gasteiger partial charge is 0.129 e. The molecule has 0 amide bonds. The van der Waals surface area contributed by atoms with E-state index in [0.717, 1.165) is 0 Å². The van der Waals surface area contributed by atoms with Gasteiger partial charge in [0.25, 0.3) is 0 Å². The number of hydrogen-bond acceptors (Lipinski definition) is 2. The second kappa shape index (κ2) is 4.05. The van der Waals surface area contributed by atoms with Crippen molar-refractivity contribution in [1.29, 1.82) is 0 Å². The van der Waals surface area contributed by atoms with Crippen molar-refractivity contribution < 1.29 is 9.50 Å². The second-order valence-corrected chi connectivity index (χ2v) is 3.31. The summed E-state index contributed by atoms with van der Waals surface area (Å²) in [5, 5.41) is 9.42. The lowest BCUT2D eigenvalue weighted by molar-refractivity contribution is 0.162. The van der Waals surface area contributed by atoms with Crippen LogP contribution in [-0.4, -0.2) is 11.2 Å². The molecule has 0 unspecified atom stereocenters. The van der Waals surface area contributed by atoms with E-state index in [2.05, 4.69) is 0 Å². The van der Waals surface area contributed by atoms with Crippen LogP contribution in [0.3, 0.4) is 0 Å². The van der Waals surface area contributed by atoms with Gasteiger partial charge in [-0.05, 0) is 19.1 Å². The van der Waals surface area contributed by atoms with E-state index in [0.29, 0.717) is 0 Å². The summed E-state index contributed by atoms with van der Waals surface area (Å²) in [4.78, 5) is 0. The molecule has 2 atom stereocenters. The van der Waals surface area contributed by atoms with E-state index >= 15 is 0 Å². The third kappa shape index (κ3) is 2.18. The number of hydrogen-bond donors (Lipinski definition) is 2. The van der Waals surface area contributed by atoms with Crippen molar-refractivity contribution >= 4 is 11.6 Å². The standard InChI is InChI=1S/C9H11ClFNO/c1-5(13)9(12)8-6(10)3-2-4-7(8)11/h2-5,9,13H,12H2,1H3/t5-,9+/m0/s1. The molecule has 0 fully saturated rings. The van der Waals surface area contributed by atoms with Crippen LogP contribution in [0, 0.1) is 5.82 Å². The molecule has 0 saturated heterocycles. The lowest BCUT2D eigenvalue weighted by Gasteiger charge is -2.16. The lowest BCUT2D eigenvalue weighted by atomic mass is 10.0. The Hall–Kier alpha value is -0.640. The van der Waals surface area contributed by atoms with E-state index in [1.165, 1.54) is 19.1 Å². The van der Waals surface area contributed by atoms with Crippen molar-refractivity contribution in [1.82, 2.24) is 0 Å². The molecule has 0 aliphatic heterocycles. The molecular weight excluding hydrogens is 193 g/mol. The van der Waals surface area contributed by atoms with Gasteiger partial charge >= 0.3 is 0 Å². The Balaban J connectivity index is 3.12. The van der Waals surface area contributed by atoms with Gasteiger partial charge in [0.15, 0.2) is 0 Å². The van der Waals surface area contributed by atoms with E-state index in [1.54, 1.807) is 6.07 Å². The lowest BCUT2D eigenvalue weighted by Crippen LogP contribution is -2.24. The number of aliphatic hydroxyl groups is 1. The summed E-state index contributed by atoms with van der Waals surface area (Å²) in [6.45, 7) is 1.49. The van der Waals surface area contributed by atoms with Gasteiger partial charge in [0.1, 0.15) is 5.82 Å². The first-order chi connectivity index (χ1) is 6.04. The van der Waals surface area contributed by atoms with Crippen molar-refractivity contribution in [2.75, 3.05) is 0 Å². The van der Waals surface area contributed by atoms with Crippen LogP contribution in [0.5, 0.6) is 0 Å². The highest BCUT2D eigenvalue weighted by molar-refractivity contribution is 6.31. The maximum absolute atomic E-state index is 13.2. The third-order valence-electron chi connectivity index (χ3n) is 1.85. The second-order valence-electron chi connectivity index (χ2n) is 2.90. The normalized spacial score (nSPS) is 15.5. The first-order valence-corrected chi connectivity index (χ1v) is 4.29. The minimum Gasteiger partial charge on any atom is -0.391 e. The SMILES string of the molecule is C[C@H](O)[C@@H](N)c1c(F)cccc1Cl. The number of nitrogens with two attached hydrogens (primary N) is 1. The minimum atomic E-state index is -0.825. The van der Waals surface area contributed by atoms with Crippen molar-refractivity contribution in [3.63, 3.8) is 0 Å². The van der Waals surface area contributed by atoms with Crippen molar-refractivity contribution in [2.24, 2.45) is 5.73 Å². The maximum Gasteiger partial charge on any atom is 0.129 e. The summed E-state index contributed by atoms with van der Waals surface area (Å²) in [6, 6.07) is 3.52. The summed E-state index contributed by atoms with van der Waals surface area (Å²) in [5.41, 5.74) is 5.73. The average molecular weight is 204 g/mol. The van der Waals surface area contributed by atoms with Gasteiger partial charge < -0.3 is 10.8 Å². The van der Waals surface area contributed by atoms with Gasteiger partial charge in [0.2, 0.25) is 0 Å². The van der Waals surface area contributed by atoms with Crippen LogP contribution in [0.15, 0.2) is 18.2 Å². The van der Waals surface area contributed by atoms with E-state index < -0.39 is 18.0 Å². The van der Waals surface area contributed by atoms with Gasteiger partial charge in [0, 0.05) is 10.6 Å². The highest BCUT2D eigenvalue weighted by Crippen LogP contribution is 2.26. The van der Waals surface area contributed by atoms with Gasteiger partial charge in [-0.1, -0.05) is 17.7 Å². The Morgan fingerprint density at radius 3 is 2.62 bits per heavy atom. The third-order valence-corrected chi connectivity index (χ3v) is 2.18. The Morgan fingerprint density at radius 1 is 1.54 bits per heavy atom. The molecule has 0 radical (unpaired) electrons. The molecule has 0 bridgehead atoms. The van der Waals surface area contributed by atoms with Crippen LogP contribution in [-0.2, 0) is 0 Å². The Labute approximate surface area is 81.1 Å². The summed E-state index contributed by atoms with van der Waals surface area (Å²) in [5.74, 6) is -0.485. The van der Waals surface area contributed by atoms with E-state index in [9.17, 15) is 9.50 Å². The first kappa shape index (κ1) is 10.4. The molecule has 0 aromatic heterocycles. The molecule has 2 nitrogen and oxygen atoms in total. The molecule has 0 aliphatic rings. The predicted octanol–water partition coefficient (Wildman–Crippen LogP) is 1.86. The fourth-order valence-electron chi connectivity index (χ4n) is 1.07. The molecule has 1 aromatic rings. The van der Waals surface area contributed by atoms with Crippen molar-refractivity contribution in [2.45, 2.75) is 19.1 Å². The molecule has 0 aliphatic carbocycles. The van der Waals surface area contributed by atoms with Crippen LogP contribution >= 0.6 is 11.6 Å². The molecule has 0 spiro atoms. The van der Waals surface area contributed by atoms with Crippen LogP contribution < -0.4 is 5.73 Å². The summed E-state index contributed by atoms with van der Waals surface area (Å²) < 4.78 is 13.2. The molecule has 13 heavy (non-hydrogen) atoms. The van der Waals surface area contributed by atoms with Gasteiger partial charge in [0.05, 0.1) is 12.1 Å². The van der Waals surface area contributed by atoms with Gasteiger partial charge in [-0.2, -0.15) is 0 Å². The summed E-state index contributed by atoms with van der Waals surface area (Å²) in [6.07, 6.45) is -0.825. The van der Waals surface area contributed by atoms with Crippen molar-refractivity contribution in [3.8, 4) is 0 Å². The molecule has 0 heterocycles. The molecule has 1 rings (SSSR count). The highest BCUT2D eigenvalue weighted by atomic mass is 35.5. The van der Waals surface area contributed by atoms with E-state index in [4.69, 9.17) is 17.3 Å². The minimum absolute atomic E-state index is 0.166. The molecule has 4 heteroatoms. The van der Waals surface area contributed by atoms with E-state index in [1.807, 2.05) is 0 Å². The zero-order valence-corrected chi connectivity index (χ0v) is 7.92. The number of rotatable bonds is 2. The first-order valence-electron chi connectivity index (χ1n) is 3.91. The fourth-order valence-corrected chi connectivity index (χ4v) is 1.36. The van der Waals surface area contributed by atoms with Crippen LogP contribution in [0.4, 0.5) is 4.39 Å². The zero-order valence-electron chi connectivity index (χ0n) is 7.17. The Morgan fingerprint density at radius 2 is 2.15 bits per heavy atom. The number of halogens is 2. The number of benzene rings is 1. The van der Waals surface area contributed by atoms with Crippen LogP contribution in [0.1, 0.15) is 18.5 Å². The summed E-state index contributed by atoms with van der Waals surface area (Å²) >= 11 is 5.74. The van der Waals surface area contributed by atoms with E-state index in [-0.39, 0.29) is 10.6 Å². The van der Waals surface area contributed by atoms with Gasteiger partial charge in [-0.25, -0.2) is 4.39 Å². The highest BCUT2D eigenvalue weighted by Gasteiger charge is 2.18.